The molecule has 0 amide bonds. The van der Waals surface area contributed by atoms with Crippen molar-refractivity contribution < 1.29 is 0 Å². The Labute approximate surface area is 95.1 Å². The Morgan fingerprint density at radius 3 is 2.80 bits per heavy atom. The summed E-state index contributed by atoms with van der Waals surface area (Å²) in [4.78, 5) is 8.20. The number of aliphatic imine (C=N–C) groups is 1. The molecule has 0 saturated carbocycles. The second-order valence-corrected chi connectivity index (χ2v) is 3.98. The Hall–Kier alpha value is -1.62. The van der Waals surface area contributed by atoms with Crippen LogP contribution in [-0.2, 0) is 0 Å². The van der Waals surface area contributed by atoms with Crippen molar-refractivity contribution in [1.29, 1.82) is 0 Å². The number of benzene rings is 1. The highest BCUT2D eigenvalue weighted by atomic mass is 79.9. The number of pyridine rings is 1. The average molecular weight is 265 g/mol. The lowest BCUT2D eigenvalue weighted by molar-refractivity contribution is 1.37. The Balaban J connectivity index is 2.57. The minimum absolute atomic E-state index is 0.0476. The van der Waals surface area contributed by atoms with E-state index in [0.29, 0.717) is 5.69 Å². The van der Waals surface area contributed by atoms with Gasteiger partial charge in [-0.3, -0.25) is 4.98 Å². The molecule has 2 aromatic rings. The number of fused-ring (bicyclic) bond motifs is 1. The third-order valence-corrected chi connectivity index (χ3v) is 2.33. The monoisotopic (exact) mass is 264 g/mol. The molecule has 76 valence electrons. The summed E-state index contributed by atoms with van der Waals surface area (Å²) in [7, 11) is 0. The first-order chi connectivity index (χ1) is 7.15. The van der Waals surface area contributed by atoms with Gasteiger partial charge in [0.05, 0.1) is 11.2 Å². The van der Waals surface area contributed by atoms with Crippen LogP contribution in [0.15, 0.2) is 39.9 Å². The Bertz CT molecular complexity index is 532. The summed E-state index contributed by atoms with van der Waals surface area (Å²) in [5, 5.41) is 1.04. The van der Waals surface area contributed by atoms with E-state index in [1.165, 1.54) is 0 Å². The zero-order valence-electron chi connectivity index (χ0n) is 7.81. The molecule has 2 rings (SSSR count). The molecule has 15 heavy (non-hydrogen) atoms. The van der Waals surface area contributed by atoms with E-state index >= 15 is 0 Å². The van der Waals surface area contributed by atoms with E-state index in [0.717, 1.165) is 15.4 Å². The molecule has 0 saturated heterocycles. The molecule has 0 aliphatic heterocycles. The van der Waals surface area contributed by atoms with Crippen LogP contribution in [0.3, 0.4) is 0 Å². The lowest BCUT2D eigenvalue weighted by Gasteiger charge is -1.99. The van der Waals surface area contributed by atoms with E-state index in [9.17, 15) is 0 Å². The average Bonchev–Trinajstić information content (AvgIpc) is 2.17. The summed E-state index contributed by atoms with van der Waals surface area (Å²) >= 11 is 3.36. The maximum Gasteiger partial charge on any atom is 0.191 e. The van der Waals surface area contributed by atoms with Crippen LogP contribution in [0.1, 0.15) is 0 Å². The zero-order chi connectivity index (χ0) is 10.8. The van der Waals surface area contributed by atoms with Crippen molar-refractivity contribution in [3.05, 3.63) is 34.9 Å². The highest BCUT2D eigenvalue weighted by Gasteiger charge is 1.97. The van der Waals surface area contributed by atoms with Crippen LogP contribution in [0.5, 0.6) is 0 Å². The molecule has 0 aliphatic rings. The van der Waals surface area contributed by atoms with Crippen LogP contribution in [0.4, 0.5) is 5.69 Å². The van der Waals surface area contributed by atoms with E-state index in [-0.39, 0.29) is 5.96 Å². The van der Waals surface area contributed by atoms with Gasteiger partial charge in [-0.05, 0) is 34.1 Å². The van der Waals surface area contributed by atoms with Crippen LogP contribution in [0.25, 0.3) is 10.9 Å². The molecule has 0 spiro atoms. The van der Waals surface area contributed by atoms with Crippen molar-refractivity contribution in [3.8, 4) is 0 Å². The summed E-state index contributed by atoms with van der Waals surface area (Å²) in [5.41, 5.74) is 12.2. The van der Waals surface area contributed by atoms with Crippen LogP contribution in [0, 0.1) is 0 Å². The highest BCUT2D eigenvalue weighted by molar-refractivity contribution is 9.10. The molecule has 0 fully saturated rings. The molecule has 0 unspecified atom stereocenters. The molecule has 1 aromatic carbocycles. The lowest BCUT2D eigenvalue weighted by atomic mass is 10.2. The smallest absolute Gasteiger partial charge is 0.191 e. The first-order valence-corrected chi connectivity index (χ1v) is 5.09. The summed E-state index contributed by atoms with van der Waals surface area (Å²) in [6, 6.07) is 7.59. The van der Waals surface area contributed by atoms with Gasteiger partial charge >= 0.3 is 0 Å². The minimum Gasteiger partial charge on any atom is -0.370 e. The van der Waals surface area contributed by atoms with Crippen molar-refractivity contribution in [1.82, 2.24) is 4.98 Å². The number of hydrogen-bond donors (Lipinski definition) is 2. The molecule has 0 radical (unpaired) electrons. The van der Waals surface area contributed by atoms with E-state index in [2.05, 4.69) is 25.9 Å². The van der Waals surface area contributed by atoms with Crippen molar-refractivity contribution in [2.75, 3.05) is 0 Å². The summed E-state index contributed by atoms with van der Waals surface area (Å²) in [6.45, 7) is 0. The summed E-state index contributed by atoms with van der Waals surface area (Å²) < 4.78 is 0.949. The molecule has 5 heteroatoms. The van der Waals surface area contributed by atoms with Crippen LogP contribution < -0.4 is 11.5 Å². The second-order valence-electron chi connectivity index (χ2n) is 3.07. The predicted octanol–water partition coefficient (Wildman–Crippen LogP) is 1.90. The van der Waals surface area contributed by atoms with E-state index < -0.39 is 0 Å². The number of nitrogens with zero attached hydrogens (tertiary/aromatic N) is 2. The molecular weight excluding hydrogens is 256 g/mol. The SMILES string of the molecule is NC(N)=Nc1ccc2cc(Br)cnc2c1. The molecule has 4 nitrogen and oxygen atoms in total. The van der Waals surface area contributed by atoms with Gasteiger partial charge in [0, 0.05) is 16.1 Å². The fraction of sp³-hybridized carbons (Fsp3) is 0. The number of nitrogens with two attached hydrogens (primary N) is 2. The fourth-order valence-corrected chi connectivity index (χ4v) is 1.65. The third kappa shape index (κ3) is 2.24. The largest absolute Gasteiger partial charge is 0.370 e. The topological polar surface area (TPSA) is 77.3 Å². The van der Waals surface area contributed by atoms with Gasteiger partial charge in [0.25, 0.3) is 0 Å². The molecule has 1 aromatic heterocycles. The summed E-state index contributed by atoms with van der Waals surface area (Å²) in [6.07, 6.45) is 1.74. The fourth-order valence-electron chi connectivity index (χ4n) is 1.30. The van der Waals surface area contributed by atoms with E-state index in [4.69, 9.17) is 11.5 Å². The molecule has 0 aliphatic carbocycles. The first kappa shape index (κ1) is 9.92. The molecule has 0 atom stereocenters. The minimum atomic E-state index is 0.0476. The highest BCUT2D eigenvalue weighted by Crippen LogP contribution is 2.21. The van der Waals surface area contributed by atoms with Gasteiger partial charge < -0.3 is 11.5 Å². The van der Waals surface area contributed by atoms with Crippen molar-refractivity contribution in [2.45, 2.75) is 0 Å². The van der Waals surface area contributed by atoms with Crippen LogP contribution >= 0.6 is 15.9 Å². The van der Waals surface area contributed by atoms with Gasteiger partial charge in [-0.25, -0.2) is 4.99 Å². The molecular formula is C10H9BrN4. The van der Waals surface area contributed by atoms with Gasteiger partial charge in [-0.2, -0.15) is 0 Å². The van der Waals surface area contributed by atoms with Crippen LogP contribution in [0.2, 0.25) is 0 Å². The lowest BCUT2D eigenvalue weighted by Crippen LogP contribution is -2.21. The number of aromatic nitrogens is 1. The molecule has 0 bridgehead atoms. The van der Waals surface area contributed by atoms with Gasteiger partial charge in [0.1, 0.15) is 0 Å². The maximum absolute atomic E-state index is 5.29. The van der Waals surface area contributed by atoms with Gasteiger partial charge in [-0.15, -0.1) is 0 Å². The van der Waals surface area contributed by atoms with Gasteiger partial charge in [0.2, 0.25) is 0 Å². The standard InChI is InChI=1S/C10H9BrN4/c11-7-3-6-1-2-8(15-10(12)13)4-9(6)14-5-7/h1-5H,(H4,12,13,15). The van der Waals surface area contributed by atoms with Crippen molar-refractivity contribution in [2.24, 2.45) is 16.5 Å². The van der Waals surface area contributed by atoms with Crippen LogP contribution in [-0.4, -0.2) is 10.9 Å². The normalized spacial score (nSPS) is 10.2. The first-order valence-electron chi connectivity index (χ1n) is 4.30. The summed E-state index contributed by atoms with van der Waals surface area (Å²) in [5.74, 6) is 0.0476. The van der Waals surface area contributed by atoms with E-state index in [1.54, 1.807) is 6.20 Å². The number of guanidine groups is 1. The van der Waals surface area contributed by atoms with Gasteiger partial charge in [0.15, 0.2) is 5.96 Å². The second kappa shape index (κ2) is 3.86. The zero-order valence-corrected chi connectivity index (χ0v) is 9.40. The predicted molar refractivity (Wildman–Crippen MR) is 64.9 cm³/mol. The number of halogens is 1. The Morgan fingerprint density at radius 1 is 1.27 bits per heavy atom. The van der Waals surface area contributed by atoms with Gasteiger partial charge in [-0.1, -0.05) is 6.07 Å². The number of rotatable bonds is 1. The van der Waals surface area contributed by atoms with Crippen molar-refractivity contribution in [3.63, 3.8) is 0 Å². The number of hydrogen-bond acceptors (Lipinski definition) is 2. The maximum atomic E-state index is 5.29. The third-order valence-electron chi connectivity index (χ3n) is 1.89. The Morgan fingerprint density at radius 2 is 2.07 bits per heavy atom. The van der Waals surface area contributed by atoms with Crippen molar-refractivity contribution >= 4 is 38.5 Å². The quantitative estimate of drug-likeness (QED) is 0.610. The molecule has 1 heterocycles. The molecule has 4 N–H and O–H groups in total. The van der Waals surface area contributed by atoms with E-state index in [1.807, 2.05) is 24.3 Å². The Kier molecular flexibility index (Phi) is 2.55.